The molecule has 17 heavy (non-hydrogen) atoms. The van der Waals surface area contributed by atoms with Gasteiger partial charge in [-0.2, -0.15) is 5.10 Å². The van der Waals surface area contributed by atoms with Gasteiger partial charge >= 0.3 is 0 Å². The average molecular weight is 238 g/mol. The van der Waals surface area contributed by atoms with Crippen molar-refractivity contribution in [3.8, 4) is 0 Å². The second-order valence-corrected chi connectivity index (χ2v) is 4.36. The van der Waals surface area contributed by atoms with Crippen LogP contribution < -0.4 is 10.2 Å². The van der Waals surface area contributed by atoms with E-state index in [1.807, 2.05) is 11.7 Å². The van der Waals surface area contributed by atoms with E-state index in [2.05, 4.69) is 43.0 Å². The molecular formula is C13H26N4. The van der Waals surface area contributed by atoms with Crippen LogP contribution in [0.5, 0.6) is 0 Å². The fourth-order valence-corrected chi connectivity index (χ4v) is 2.21. The molecule has 0 atom stereocenters. The summed E-state index contributed by atoms with van der Waals surface area (Å²) in [5.74, 6) is 1.26. The lowest BCUT2D eigenvalue weighted by Gasteiger charge is -2.22. The highest BCUT2D eigenvalue weighted by atomic mass is 15.4. The number of hydrogen-bond donors (Lipinski definition) is 1. The topological polar surface area (TPSA) is 33.1 Å². The zero-order valence-electron chi connectivity index (χ0n) is 11.9. The van der Waals surface area contributed by atoms with Gasteiger partial charge in [-0.3, -0.25) is 4.68 Å². The van der Waals surface area contributed by atoms with Crippen molar-refractivity contribution >= 4 is 5.82 Å². The first-order chi connectivity index (χ1) is 8.15. The summed E-state index contributed by atoms with van der Waals surface area (Å²) in [5, 5.41) is 8.01. The summed E-state index contributed by atoms with van der Waals surface area (Å²) in [5.41, 5.74) is 2.47. The van der Waals surface area contributed by atoms with E-state index >= 15 is 0 Å². The van der Waals surface area contributed by atoms with Crippen LogP contribution in [-0.2, 0) is 13.6 Å². The van der Waals surface area contributed by atoms with Crippen molar-refractivity contribution in [1.29, 1.82) is 0 Å². The van der Waals surface area contributed by atoms with Gasteiger partial charge in [-0.05, 0) is 33.7 Å². The van der Waals surface area contributed by atoms with E-state index in [-0.39, 0.29) is 0 Å². The number of rotatable bonds is 7. The van der Waals surface area contributed by atoms with E-state index < -0.39 is 0 Å². The smallest absolute Gasteiger partial charge is 0.131 e. The van der Waals surface area contributed by atoms with Crippen LogP contribution in [0.15, 0.2) is 0 Å². The van der Waals surface area contributed by atoms with Crippen molar-refractivity contribution in [2.75, 3.05) is 24.5 Å². The molecule has 1 aromatic heterocycles. The van der Waals surface area contributed by atoms with E-state index in [1.54, 1.807) is 0 Å². The molecular weight excluding hydrogens is 212 g/mol. The standard InChI is InChI=1S/C13H26N4/c1-6-9-14-10-12-11(4)15-16(5)13(12)17(7-2)8-3/h14H,6-10H2,1-5H3. The average Bonchev–Trinajstić information content (AvgIpc) is 2.58. The maximum atomic E-state index is 4.54. The molecule has 0 bridgehead atoms. The maximum absolute atomic E-state index is 4.54. The molecule has 0 radical (unpaired) electrons. The molecule has 0 fully saturated rings. The van der Waals surface area contributed by atoms with E-state index in [0.717, 1.165) is 31.9 Å². The molecule has 1 N–H and O–H groups in total. The summed E-state index contributed by atoms with van der Waals surface area (Å²) in [7, 11) is 2.03. The number of hydrogen-bond acceptors (Lipinski definition) is 3. The van der Waals surface area contributed by atoms with Crippen LogP contribution in [0.3, 0.4) is 0 Å². The lowest BCUT2D eigenvalue weighted by molar-refractivity contribution is 0.668. The molecule has 0 aliphatic carbocycles. The number of aromatic nitrogens is 2. The molecule has 0 amide bonds. The van der Waals surface area contributed by atoms with Gasteiger partial charge in [0, 0.05) is 32.2 Å². The largest absolute Gasteiger partial charge is 0.357 e. The van der Waals surface area contributed by atoms with Crippen LogP contribution in [-0.4, -0.2) is 29.4 Å². The van der Waals surface area contributed by atoms with Gasteiger partial charge in [-0.25, -0.2) is 0 Å². The molecule has 4 heteroatoms. The Balaban J connectivity index is 2.93. The lowest BCUT2D eigenvalue weighted by atomic mass is 10.2. The molecule has 0 spiro atoms. The van der Waals surface area contributed by atoms with Crippen LogP contribution in [0.2, 0.25) is 0 Å². The summed E-state index contributed by atoms with van der Waals surface area (Å²) in [4.78, 5) is 2.36. The van der Waals surface area contributed by atoms with E-state index in [4.69, 9.17) is 0 Å². The van der Waals surface area contributed by atoms with Gasteiger partial charge in [0.1, 0.15) is 5.82 Å². The monoisotopic (exact) mass is 238 g/mol. The van der Waals surface area contributed by atoms with E-state index in [1.165, 1.54) is 17.8 Å². The summed E-state index contributed by atoms with van der Waals surface area (Å²) < 4.78 is 2.01. The summed E-state index contributed by atoms with van der Waals surface area (Å²) in [6, 6.07) is 0. The lowest BCUT2D eigenvalue weighted by Crippen LogP contribution is -2.26. The molecule has 4 nitrogen and oxygen atoms in total. The molecule has 1 aromatic rings. The van der Waals surface area contributed by atoms with Crippen molar-refractivity contribution in [3.05, 3.63) is 11.3 Å². The molecule has 0 aliphatic rings. The Labute approximate surface area is 105 Å². The van der Waals surface area contributed by atoms with Crippen LogP contribution in [0.4, 0.5) is 5.82 Å². The van der Waals surface area contributed by atoms with Gasteiger partial charge in [0.15, 0.2) is 0 Å². The minimum absolute atomic E-state index is 0.916. The fraction of sp³-hybridized carbons (Fsp3) is 0.769. The maximum Gasteiger partial charge on any atom is 0.131 e. The van der Waals surface area contributed by atoms with E-state index in [0.29, 0.717) is 0 Å². The van der Waals surface area contributed by atoms with E-state index in [9.17, 15) is 0 Å². The fourth-order valence-electron chi connectivity index (χ4n) is 2.21. The minimum Gasteiger partial charge on any atom is -0.357 e. The van der Waals surface area contributed by atoms with Crippen molar-refractivity contribution in [2.24, 2.45) is 7.05 Å². The number of nitrogens with one attached hydrogen (secondary N) is 1. The van der Waals surface area contributed by atoms with Gasteiger partial charge in [-0.1, -0.05) is 6.92 Å². The second kappa shape index (κ2) is 6.64. The molecule has 1 rings (SSSR count). The molecule has 0 aromatic carbocycles. The first-order valence-electron chi connectivity index (χ1n) is 6.63. The van der Waals surface area contributed by atoms with Gasteiger partial charge in [0.05, 0.1) is 5.69 Å². The normalized spacial score (nSPS) is 10.9. The zero-order valence-corrected chi connectivity index (χ0v) is 11.9. The molecule has 0 saturated carbocycles. The Hall–Kier alpha value is -1.03. The van der Waals surface area contributed by atoms with Crippen molar-refractivity contribution in [3.63, 3.8) is 0 Å². The molecule has 0 aliphatic heterocycles. The van der Waals surface area contributed by atoms with Crippen LogP contribution in [0.1, 0.15) is 38.4 Å². The molecule has 0 saturated heterocycles. The summed E-state index contributed by atoms with van der Waals surface area (Å²) in [6.45, 7) is 12.7. The minimum atomic E-state index is 0.916. The first kappa shape index (κ1) is 14.0. The van der Waals surface area contributed by atoms with Crippen LogP contribution >= 0.6 is 0 Å². The van der Waals surface area contributed by atoms with Gasteiger partial charge in [-0.15, -0.1) is 0 Å². The van der Waals surface area contributed by atoms with Crippen LogP contribution in [0, 0.1) is 6.92 Å². The Morgan fingerprint density at radius 2 is 1.88 bits per heavy atom. The molecule has 0 unspecified atom stereocenters. The Bertz CT molecular complexity index is 339. The van der Waals surface area contributed by atoms with Crippen molar-refractivity contribution < 1.29 is 0 Å². The summed E-state index contributed by atoms with van der Waals surface area (Å²) >= 11 is 0. The zero-order chi connectivity index (χ0) is 12.8. The highest BCUT2D eigenvalue weighted by molar-refractivity contribution is 5.50. The van der Waals surface area contributed by atoms with Crippen LogP contribution in [0.25, 0.3) is 0 Å². The highest BCUT2D eigenvalue weighted by Crippen LogP contribution is 2.22. The Morgan fingerprint density at radius 3 is 2.41 bits per heavy atom. The third kappa shape index (κ3) is 3.22. The van der Waals surface area contributed by atoms with Gasteiger partial charge in [0.25, 0.3) is 0 Å². The predicted octanol–water partition coefficient (Wildman–Crippen LogP) is 2.07. The number of nitrogens with zero attached hydrogens (tertiary/aromatic N) is 3. The van der Waals surface area contributed by atoms with Crippen molar-refractivity contribution in [1.82, 2.24) is 15.1 Å². The summed E-state index contributed by atoms with van der Waals surface area (Å²) in [6.07, 6.45) is 1.17. The van der Waals surface area contributed by atoms with Gasteiger partial charge < -0.3 is 10.2 Å². The number of anilines is 1. The van der Waals surface area contributed by atoms with Crippen molar-refractivity contribution in [2.45, 2.75) is 40.7 Å². The molecule has 98 valence electrons. The number of aryl methyl sites for hydroxylation is 2. The highest BCUT2D eigenvalue weighted by Gasteiger charge is 2.16. The quantitative estimate of drug-likeness (QED) is 0.738. The molecule has 1 heterocycles. The third-order valence-corrected chi connectivity index (χ3v) is 3.10. The predicted molar refractivity (Wildman–Crippen MR) is 73.5 cm³/mol. The second-order valence-electron chi connectivity index (χ2n) is 4.36. The Kier molecular flexibility index (Phi) is 5.48. The van der Waals surface area contributed by atoms with Gasteiger partial charge in [0.2, 0.25) is 0 Å². The SMILES string of the molecule is CCCNCc1c(C)nn(C)c1N(CC)CC. The third-order valence-electron chi connectivity index (χ3n) is 3.10. The first-order valence-corrected chi connectivity index (χ1v) is 6.63. The Morgan fingerprint density at radius 1 is 1.24 bits per heavy atom.